The van der Waals surface area contributed by atoms with Crippen molar-refractivity contribution in [1.82, 2.24) is 9.88 Å². The molecule has 2 aromatic rings. The SMILES string of the molecule is CC1=C(C(=O)OC(C)C)[C@H](c2cccc(F)c2C)N(C(=O)OC(C)(C)C)C(c2nccs2)=N1. The number of benzene rings is 1. The summed E-state index contributed by atoms with van der Waals surface area (Å²) in [4.78, 5) is 36.9. The van der Waals surface area contributed by atoms with Crippen LogP contribution in [0.3, 0.4) is 0 Å². The maximum absolute atomic E-state index is 14.6. The Bertz CT molecular complexity index is 1120. The molecule has 0 radical (unpaired) electrons. The van der Waals surface area contributed by atoms with E-state index in [-0.39, 0.29) is 11.4 Å². The van der Waals surface area contributed by atoms with Crippen molar-refractivity contribution in [3.05, 3.63) is 63.0 Å². The van der Waals surface area contributed by atoms with E-state index in [1.54, 1.807) is 72.2 Å². The molecule has 0 bridgehead atoms. The molecule has 33 heavy (non-hydrogen) atoms. The molecule has 0 saturated carbocycles. The lowest BCUT2D eigenvalue weighted by atomic mass is 9.90. The number of hydrogen-bond donors (Lipinski definition) is 0. The maximum Gasteiger partial charge on any atom is 0.416 e. The molecular formula is C24H28FN3O4S. The monoisotopic (exact) mass is 473 g/mol. The van der Waals surface area contributed by atoms with Gasteiger partial charge in [-0.3, -0.25) is 0 Å². The Balaban J connectivity index is 2.30. The molecule has 1 amide bonds. The summed E-state index contributed by atoms with van der Waals surface area (Å²) < 4.78 is 25.8. The molecular weight excluding hydrogens is 445 g/mol. The third-order valence-electron chi connectivity index (χ3n) is 4.80. The molecule has 0 spiro atoms. The van der Waals surface area contributed by atoms with Gasteiger partial charge in [0.1, 0.15) is 17.5 Å². The first-order chi connectivity index (χ1) is 15.4. The van der Waals surface area contributed by atoms with Crippen molar-refractivity contribution >= 4 is 29.2 Å². The summed E-state index contributed by atoms with van der Waals surface area (Å²) in [5.74, 6) is -0.859. The van der Waals surface area contributed by atoms with Gasteiger partial charge in [0.2, 0.25) is 0 Å². The normalized spacial score (nSPS) is 16.7. The zero-order valence-electron chi connectivity index (χ0n) is 19.8. The summed E-state index contributed by atoms with van der Waals surface area (Å²) in [5, 5.41) is 2.23. The van der Waals surface area contributed by atoms with Gasteiger partial charge in [0.15, 0.2) is 10.8 Å². The Hall–Kier alpha value is -3.07. The number of aliphatic imine (C=N–C) groups is 1. The molecule has 1 atom stereocenters. The summed E-state index contributed by atoms with van der Waals surface area (Å²) in [7, 11) is 0. The van der Waals surface area contributed by atoms with Gasteiger partial charge in [0.25, 0.3) is 0 Å². The number of carbonyl (C=O) groups excluding carboxylic acids is 2. The molecule has 1 aromatic carbocycles. The number of thiazole rings is 1. The molecule has 176 valence electrons. The number of nitrogens with zero attached hydrogens (tertiary/aromatic N) is 3. The van der Waals surface area contributed by atoms with Crippen molar-refractivity contribution in [1.29, 1.82) is 0 Å². The summed E-state index contributed by atoms with van der Waals surface area (Å²) in [6.07, 6.45) is 0.471. The molecule has 7 nitrogen and oxygen atoms in total. The van der Waals surface area contributed by atoms with Crippen LogP contribution in [0, 0.1) is 12.7 Å². The van der Waals surface area contributed by atoms with Crippen LogP contribution in [0.5, 0.6) is 0 Å². The first-order valence-electron chi connectivity index (χ1n) is 10.6. The van der Waals surface area contributed by atoms with E-state index in [2.05, 4.69) is 9.98 Å². The fourth-order valence-electron chi connectivity index (χ4n) is 3.46. The molecule has 9 heteroatoms. The highest BCUT2D eigenvalue weighted by atomic mass is 32.1. The lowest BCUT2D eigenvalue weighted by Crippen LogP contribution is -2.47. The minimum absolute atomic E-state index is 0.142. The van der Waals surface area contributed by atoms with E-state index in [4.69, 9.17) is 9.47 Å². The van der Waals surface area contributed by atoms with Crippen LogP contribution in [-0.2, 0) is 14.3 Å². The van der Waals surface area contributed by atoms with E-state index in [1.165, 1.54) is 22.3 Å². The van der Waals surface area contributed by atoms with Gasteiger partial charge in [-0.1, -0.05) is 12.1 Å². The van der Waals surface area contributed by atoms with E-state index >= 15 is 0 Å². The second kappa shape index (κ2) is 9.43. The first kappa shape index (κ1) is 24.6. The average molecular weight is 474 g/mol. The van der Waals surface area contributed by atoms with E-state index in [0.29, 0.717) is 21.8 Å². The second-order valence-electron chi connectivity index (χ2n) is 8.93. The van der Waals surface area contributed by atoms with Crippen LogP contribution in [0.4, 0.5) is 9.18 Å². The smallest absolute Gasteiger partial charge is 0.416 e. The quantitative estimate of drug-likeness (QED) is 0.544. The van der Waals surface area contributed by atoms with E-state index < -0.39 is 35.6 Å². The summed E-state index contributed by atoms with van der Waals surface area (Å²) in [5.41, 5.74) is 0.420. The second-order valence-corrected chi connectivity index (χ2v) is 9.83. The van der Waals surface area contributed by atoms with Gasteiger partial charge in [-0.2, -0.15) is 0 Å². The molecule has 1 aliphatic rings. The summed E-state index contributed by atoms with van der Waals surface area (Å²) >= 11 is 1.29. The van der Waals surface area contributed by atoms with Gasteiger partial charge < -0.3 is 9.47 Å². The molecule has 3 rings (SSSR count). The fourth-order valence-corrected chi connectivity index (χ4v) is 4.08. The zero-order chi connectivity index (χ0) is 24.5. The average Bonchev–Trinajstić information content (AvgIpc) is 3.22. The molecule has 0 unspecified atom stereocenters. The molecule has 0 fully saturated rings. The molecule has 0 aliphatic carbocycles. The Morgan fingerprint density at radius 3 is 2.48 bits per heavy atom. The Morgan fingerprint density at radius 1 is 1.21 bits per heavy atom. The highest BCUT2D eigenvalue weighted by molar-refractivity contribution is 7.11. The van der Waals surface area contributed by atoms with E-state index in [0.717, 1.165) is 0 Å². The highest BCUT2D eigenvalue weighted by Crippen LogP contribution is 2.40. The lowest BCUT2D eigenvalue weighted by molar-refractivity contribution is -0.143. The number of rotatable bonds is 4. The fraction of sp³-hybridized carbons (Fsp3) is 0.417. The largest absolute Gasteiger partial charge is 0.459 e. The van der Waals surface area contributed by atoms with Crippen LogP contribution < -0.4 is 0 Å². The van der Waals surface area contributed by atoms with Crippen molar-refractivity contribution in [2.45, 2.75) is 66.2 Å². The van der Waals surface area contributed by atoms with Crippen LogP contribution in [0.25, 0.3) is 0 Å². The van der Waals surface area contributed by atoms with Crippen LogP contribution in [0.1, 0.15) is 63.7 Å². The number of carbonyl (C=O) groups is 2. The number of halogens is 1. The number of amides is 1. The van der Waals surface area contributed by atoms with Crippen LogP contribution >= 0.6 is 11.3 Å². The minimum atomic E-state index is -1.02. The number of aromatic nitrogens is 1. The lowest BCUT2D eigenvalue weighted by Gasteiger charge is -2.38. The summed E-state index contributed by atoms with van der Waals surface area (Å²) in [6, 6.07) is 3.54. The van der Waals surface area contributed by atoms with Gasteiger partial charge >= 0.3 is 12.1 Å². The molecule has 0 N–H and O–H groups in total. The van der Waals surface area contributed by atoms with Crippen LogP contribution in [0.2, 0.25) is 0 Å². The third kappa shape index (κ3) is 5.30. The number of allylic oxidation sites excluding steroid dienone is 1. The third-order valence-corrected chi connectivity index (χ3v) is 5.57. The first-order valence-corrected chi connectivity index (χ1v) is 11.5. The van der Waals surface area contributed by atoms with E-state index in [1.807, 2.05) is 0 Å². The van der Waals surface area contributed by atoms with Gasteiger partial charge in [0, 0.05) is 11.6 Å². The molecule has 0 saturated heterocycles. The highest BCUT2D eigenvalue weighted by Gasteiger charge is 2.44. The Labute approximate surface area is 196 Å². The number of esters is 1. The minimum Gasteiger partial charge on any atom is -0.459 e. The molecule has 1 aliphatic heterocycles. The predicted molar refractivity (Wildman–Crippen MR) is 125 cm³/mol. The number of ether oxygens (including phenoxy) is 2. The zero-order valence-corrected chi connectivity index (χ0v) is 20.6. The van der Waals surface area contributed by atoms with Gasteiger partial charge in [0.05, 0.1) is 17.4 Å². The number of amidine groups is 1. The Morgan fingerprint density at radius 2 is 1.91 bits per heavy atom. The van der Waals surface area contributed by atoms with Crippen LogP contribution in [0.15, 0.2) is 46.0 Å². The predicted octanol–water partition coefficient (Wildman–Crippen LogP) is 5.55. The Kier molecular flexibility index (Phi) is 7.02. The summed E-state index contributed by atoms with van der Waals surface area (Å²) in [6.45, 7) is 12.0. The van der Waals surface area contributed by atoms with Gasteiger partial charge in [-0.15, -0.1) is 11.3 Å². The van der Waals surface area contributed by atoms with Crippen molar-refractivity contribution in [2.24, 2.45) is 4.99 Å². The number of hydrogen-bond acceptors (Lipinski definition) is 7. The standard InChI is InChI=1S/C24H28FN3O4S/c1-13(2)31-22(29)18-15(4)27-20(21-26-11-12-33-21)28(23(30)32-24(5,6)7)19(18)16-9-8-10-17(25)14(16)3/h8-13,19H,1-7H3/t19-/m0/s1. The molecule has 1 aromatic heterocycles. The van der Waals surface area contributed by atoms with Crippen molar-refractivity contribution < 1.29 is 23.5 Å². The van der Waals surface area contributed by atoms with E-state index in [9.17, 15) is 14.0 Å². The maximum atomic E-state index is 14.6. The van der Waals surface area contributed by atoms with Gasteiger partial charge in [-0.05, 0) is 65.7 Å². The topological polar surface area (TPSA) is 81.1 Å². The van der Waals surface area contributed by atoms with Crippen molar-refractivity contribution in [3.8, 4) is 0 Å². The molecule has 2 heterocycles. The van der Waals surface area contributed by atoms with Crippen LogP contribution in [-0.4, -0.2) is 39.5 Å². The van der Waals surface area contributed by atoms with Crippen molar-refractivity contribution in [3.63, 3.8) is 0 Å². The van der Waals surface area contributed by atoms with Gasteiger partial charge in [-0.25, -0.2) is 28.9 Å². The van der Waals surface area contributed by atoms with Crippen molar-refractivity contribution in [2.75, 3.05) is 0 Å².